The van der Waals surface area contributed by atoms with E-state index in [4.69, 9.17) is 5.11 Å². The molecule has 0 rings (SSSR count). The highest BCUT2D eigenvalue weighted by Gasteiger charge is 2.08. The van der Waals surface area contributed by atoms with Crippen molar-refractivity contribution in [2.75, 3.05) is 6.61 Å². The summed E-state index contributed by atoms with van der Waals surface area (Å²) in [5.41, 5.74) is 0. The number of hydrogen-bond donors (Lipinski definition) is 1. The molecule has 1 N–H and O–H groups in total. The van der Waals surface area contributed by atoms with Crippen molar-refractivity contribution >= 4 is 23.5 Å². The van der Waals surface area contributed by atoms with Gasteiger partial charge in [0.15, 0.2) is 0 Å². The quantitative estimate of drug-likeness (QED) is 0.548. The Kier molecular flexibility index (Phi) is 12.2. The third kappa shape index (κ3) is 12.4. The molecule has 18 heavy (non-hydrogen) atoms. The number of esters is 1. The lowest BCUT2D eigenvalue weighted by Gasteiger charge is -1.96. The molecule has 0 amide bonds. The van der Waals surface area contributed by atoms with E-state index in [1.165, 1.54) is 6.92 Å². The predicted molar refractivity (Wildman–Crippen MR) is 64.1 cm³/mol. The van der Waals surface area contributed by atoms with Gasteiger partial charge in [0.25, 0.3) is 0 Å². The number of aliphatic carboxylic acids is 1. The van der Waals surface area contributed by atoms with E-state index in [9.17, 15) is 19.2 Å². The zero-order valence-corrected chi connectivity index (χ0v) is 11.0. The van der Waals surface area contributed by atoms with Gasteiger partial charge in [0.1, 0.15) is 0 Å². The summed E-state index contributed by atoms with van der Waals surface area (Å²) >= 11 is 0. The van der Waals surface area contributed by atoms with Gasteiger partial charge in [-0.1, -0.05) is 20.3 Å². The van der Waals surface area contributed by atoms with E-state index < -0.39 is 23.5 Å². The summed E-state index contributed by atoms with van der Waals surface area (Å²) in [6.45, 7) is 5.30. The highest BCUT2D eigenvalue weighted by molar-refractivity contribution is 6.32. The topological polar surface area (TPSA) is 97.7 Å². The molecule has 0 saturated heterocycles. The predicted octanol–water partition coefficient (Wildman–Crippen LogP) is 1.36. The van der Waals surface area contributed by atoms with Gasteiger partial charge in [-0.25, -0.2) is 9.59 Å². The molecule has 0 aliphatic heterocycles. The van der Waals surface area contributed by atoms with Crippen LogP contribution in [0.5, 0.6) is 0 Å². The average Bonchev–Trinajstić information content (AvgIpc) is 2.33. The highest BCUT2D eigenvalue weighted by atomic mass is 16.5. The minimum atomic E-state index is -1.32. The van der Waals surface area contributed by atoms with Crippen molar-refractivity contribution in [3.8, 4) is 0 Å². The Morgan fingerprint density at radius 1 is 1.06 bits per heavy atom. The van der Waals surface area contributed by atoms with Crippen molar-refractivity contribution in [1.82, 2.24) is 0 Å². The first-order valence-electron chi connectivity index (χ1n) is 5.80. The number of Topliss-reactive ketones (excluding diaryl/α,β-unsaturated/α-hetero) is 2. The van der Waals surface area contributed by atoms with Crippen LogP contribution in [0, 0.1) is 0 Å². The molecule has 0 aromatic carbocycles. The van der Waals surface area contributed by atoms with Gasteiger partial charge in [-0.05, 0) is 12.8 Å². The van der Waals surface area contributed by atoms with Gasteiger partial charge in [-0.3, -0.25) is 9.59 Å². The summed E-state index contributed by atoms with van der Waals surface area (Å²) in [6.07, 6.45) is 2.45. The molecule has 0 fully saturated rings. The van der Waals surface area contributed by atoms with Crippen molar-refractivity contribution in [1.29, 1.82) is 0 Å². The molecule has 6 nitrogen and oxygen atoms in total. The zero-order chi connectivity index (χ0) is 14.6. The van der Waals surface area contributed by atoms with Crippen molar-refractivity contribution in [3.63, 3.8) is 0 Å². The van der Waals surface area contributed by atoms with Crippen LogP contribution in [0.4, 0.5) is 0 Å². The lowest BCUT2D eigenvalue weighted by atomic mass is 10.2. The number of ketones is 2. The molecule has 0 heterocycles. The van der Waals surface area contributed by atoms with Crippen molar-refractivity contribution in [2.24, 2.45) is 0 Å². The maximum absolute atomic E-state index is 10.3. The van der Waals surface area contributed by atoms with Gasteiger partial charge in [0.2, 0.25) is 11.6 Å². The molecular weight excluding hydrogens is 240 g/mol. The molecule has 0 spiro atoms. The molecular formula is C12H20O6. The first kappa shape index (κ1) is 18.6. The third-order valence-corrected chi connectivity index (χ3v) is 1.72. The molecule has 0 aliphatic rings. The fourth-order valence-electron chi connectivity index (χ4n) is 0.741. The van der Waals surface area contributed by atoms with E-state index in [1.54, 1.807) is 0 Å². The van der Waals surface area contributed by atoms with Crippen LogP contribution in [0.2, 0.25) is 0 Å². The van der Waals surface area contributed by atoms with Gasteiger partial charge in [-0.2, -0.15) is 0 Å². The number of rotatable bonds is 7. The number of ether oxygens (including phenoxy) is 1. The van der Waals surface area contributed by atoms with Crippen LogP contribution in [0.3, 0.4) is 0 Å². The number of carboxylic acid groups (broad SMARTS) is 1. The largest absolute Gasteiger partial charge is 0.476 e. The lowest BCUT2D eigenvalue weighted by molar-refractivity contribution is -0.152. The smallest absolute Gasteiger partial charge is 0.374 e. The molecule has 0 aliphatic carbocycles. The van der Waals surface area contributed by atoms with E-state index in [-0.39, 0.29) is 6.42 Å². The number of carbonyl (C=O) groups is 4. The minimum absolute atomic E-state index is 0.172. The maximum atomic E-state index is 10.3. The molecule has 0 aromatic rings. The summed E-state index contributed by atoms with van der Waals surface area (Å²) in [7, 11) is 0. The summed E-state index contributed by atoms with van der Waals surface area (Å²) in [5.74, 6) is -3.28. The molecule has 0 radical (unpaired) electrons. The van der Waals surface area contributed by atoms with Crippen LogP contribution in [0.25, 0.3) is 0 Å². The van der Waals surface area contributed by atoms with Gasteiger partial charge in [0.05, 0.1) is 6.61 Å². The molecule has 104 valence electrons. The van der Waals surface area contributed by atoms with Crippen LogP contribution in [-0.4, -0.2) is 35.2 Å². The lowest BCUT2D eigenvalue weighted by Crippen LogP contribution is -2.13. The van der Waals surface area contributed by atoms with Crippen LogP contribution < -0.4 is 0 Å². The van der Waals surface area contributed by atoms with E-state index in [2.05, 4.69) is 4.74 Å². The highest BCUT2D eigenvalue weighted by Crippen LogP contribution is 1.94. The van der Waals surface area contributed by atoms with Gasteiger partial charge < -0.3 is 9.84 Å². The zero-order valence-electron chi connectivity index (χ0n) is 11.0. The van der Waals surface area contributed by atoms with Crippen molar-refractivity contribution in [3.05, 3.63) is 0 Å². The normalized spacial score (nSPS) is 8.83. The fourth-order valence-corrected chi connectivity index (χ4v) is 0.741. The van der Waals surface area contributed by atoms with Gasteiger partial charge in [0, 0.05) is 13.3 Å². The molecule has 0 unspecified atom stereocenters. The summed E-state index contributed by atoms with van der Waals surface area (Å²) in [4.78, 5) is 40.7. The number of carboxylic acids is 1. The number of unbranched alkanes of at least 4 members (excludes halogenated alkanes) is 1. The standard InChI is InChI=1S/2C6H10O3/c1-3-4-9-6(8)5(2)7;1-2-3-4-5(7)6(8)9/h3-4H2,1-2H3;2-4H2,1H3,(H,8,9). The van der Waals surface area contributed by atoms with Crippen molar-refractivity contribution < 1.29 is 29.0 Å². The van der Waals surface area contributed by atoms with Crippen LogP contribution >= 0.6 is 0 Å². The SMILES string of the molecule is CCCCC(=O)C(=O)O.CCCOC(=O)C(C)=O. The van der Waals surface area contributed by atoms with Crippen LogP contribution in [0.1, 0.15) is 46.5 Å². The molecule has 0 saturated carbocycles. The molecule has 0 atom stereocenters. The van der Waals surface area contributed by atoms with Crippen LogP contribution in [0.15, 0.2) is 0 Å². The third-order valence-electron chi connectivity index (χ3n) is 1.72. The Labute approximate surface area is 106 Å². The molecule has 0 aromatic heterocycles. The Bertz CT molecular complexity index is 265. The number of hydrogen-bond acceptors (Lipinski definition) is 5. The van der Waals surface area contributed by atoms with E-state index in [0.29, 0.717) is 13.0 Å². The Morgan fingerprint density at radius 3 is 1.94 bits per heavy atom. The summed E-state index contributed by atoms with van der Waals surface area (Å²) < 4.78 is 4.46. The number of carbonyl (C=O) groups excluding carboxylic acids is 3. The molecule has 0 bridgehead atoms. The second-order valence-electron chi connectivity index (χ2n) is 3.52. The first-order chi connectivity index (χ1) is 8.36. The van der Waals surface area contributed by atoms with Crippen molar-refractivity contribution in [2.45, 2.75) is 46.5 Å². The van der Waals surface area contributed by atoms with E-state index in [0.717, 1.165) is 12.8 Å². The maximum Gasteiger partial charge on any atom is 0.374 e. The van der Waals surface area contributed by atoms with E-state index >= 15 is 0 Å². The van der Waals surface area contributed by atoms with Gasteiger partial charge >= 0.3 is 11.9 Å². The first-order valence-corrected chi connectivity index (χ1v) is 5.80. The molecule has 6 heteroatoms. The average molecular weight is 260 g/mol. The Morgan fingerprint density at radius 2 is 1.61 bits per heavy atom. The second kappa shape index (κ2) is 11.8. The Hall–Kier alpha value is -1.72. The summed E-state index contributed by atoms with van der Waals surface area (Å²) in [5, 5.41) is 8.06. The fraction of sp³-hybridized carbons (Fsp3) is 0.667. The van der Waals surface area contributed by atoms with E-state index in [1.807, 2.05) is 13.8 Å². The van der Waals surface area contributed by atoms with Crippen LogP contribution in [-0.2, 0) is 23.9 Å². The van der Waals surface area contributed by atoms with Gasteiger partial charge in [-0.15, -0.1) is 0 Å². The second-order valence-corrected chi connectivity index (χ2v) is 3.52. The minimum Gasteiger partial charge on any atom is -0.476 e. The summed E-state index contributed by atoms with van der Waals surface area (Å²) in [6, 6.07) is 0. The monoisotopic (exact) mass is 260 g/mol. The Balaban J connectivity index is 0.